The molecule has 4 nitrogen and oxygen atoms in total. The van der Waals surface area contributed by atoms with E-state index in [2.05, 4.69) is 10.2 Å². The van der Waals surface area contributed by atoms with Crippen LogP contribution in [0.1, 0.15) is 17.3 Å². The fourth-order valence-corrected chi connectivity index (χ4v) is 1.66. The van der Waals surface area contributed by atoms with E-state index >= 15 is 0 Å². The van der Waals surface area contributed by atoms with E-state index in [9.17, 15) is 9.18 Å². The van der Waals surface area contributed by atoms with Gasteiger partial charge < -0.3 is 4.74 Å². The summed E-state index contributed by atoms with van der Waals surface area (Å²) in [6.45, 7) is 1.94. The zero-order chi connectivity index (χ0) is 13.8. The van der Waals surface area contributed by atoms with Crippen LogP contribution in [-0.4, -0.2) is 22.8 Å². The number of esters is 1. The fraction of sp³-hybridized carbons (Fsp3) is 0.154. The molecule has 2 rings (SSSR count). The van der Waals surface area contributed by atoms with Crippen molar-refractivity contribution in [2.75, 3.05) is 6.61 Å². The number of halogens is 2. The van der Waals surface area contributed by atoms with Crippen molar-refractivity contribution in [2.24, 2.45) is 0 Å². The molecule has 1 aromatic carbocycles. The summed E-state index contributed by atoms with van der Waals surface area (Å²) >= 11 is 5.81. The van der Waals surface area contributed by atoms with Gasteiger partial charge >= 0.3 is 5.97 Å². The number of nitrogens with zero attached hydrogens (tertiary/aromatic N) is 2. The van der Waals surface area contributed by atoms with Gasteiger partial charge in [-0.1, -0.05) is 11.6 Å². The first-order chi connectivity index (χ1) is 9.11. The molecule has 0 aliphatic rings. The predicted octanol–water partition coefficient (Wildman–Crippen LogP) is 3.11. The number of carbonyl (C=O) groups excluding carboxylic acids is 1. The van der Waals surface area contributed by atoms with Crippen LogP contribution in [0.5, 0.6) is 0 Å². The molecule has 0 saturated heterocycles. The van der Waals surface area contributed by atoms with Crippen LogP contribution in [0.3, 0.4) is 0 Å². The molecule has 0 radical (unpaired) electrons. The van der Waals surface area contributed by atoms with E-state index < -0.39 is 5.97 Å². The average Bonchev–Trinajstić information content (AvgIpc) is 2.40. The summed E-state index contributed by atoms with van der Waals surface area (Å²) in [5.74, 6) is -0.915. The average molecular weight is 281 g/mol. The number of hydrogen-bond acceptors (Lipinski definition) is 4. The number of hydrogen-bond donors (Lipinski definition) is 0. The molecule has 98 valence electrons. The number of carbonyl (C=O) groups is 1. The smallest absolute Gasteiger partial charge is 0.341 e. The van der Waals surface area contributed by atoms with Crippen molar-refractivity contribution in [3.63, 3.8) is 0 Å². The molecule has 2 aromatic rings. The Morgan fingerprint density at radius 3 is 2.63 bits per heavy atom. The second kappa shape index (κ2) is 5.75. The summed E-state index contributed by atoms with van der Waals surface area (Å²) < 4.78 is 17.7. The van der Waals surface area contributed by atoms with Gasteiger partial charge in [-0.3, -0.25) is 0 Å². The number of ether oxygens (including phenoxy) is 1. The summed E-state index contributed by atoms with van der Waals surface area (Å²) in [5.41, 5.74) is 1.20. The third-order valence-corrected chi connectivity index (χ3v) is 2.66. The highest BCUT2D eigenvalue weighted by Crippen LogP contribution is 2.21. The zero-order valence-electron chi connectivity index (χ0n) is 10.1. The van der Waals surface area contributed by atoms with Gasteiger partial charge in [-0.05, 0) is 37.3 Å². The third kappa shape index (κ3) is 3.06. The highest BCUT2D eigenvalue weighted by molar-refractivity contribution is 6.32. The molecule has 0 bridgehead atoms. The standard InChI is InChI=1S/C13H10ClFN2O2/c1-2-19-13(18)10-7-11(16-17-12(10)14)8-3-5-9(15)6-4-8/h3-7H,2H2,1H3. The monoisotopic (exact) mass is 280 g/mol. The van der Waals surface area contributed by atoms with Crippen molar-refractivity contribution in [1.82, 2.24) is 10.2 Å². The molecule has 0 atom stereocenters. The van der Waals surface area contributed by atoms with E-state index in [1.54, 1.807) is 19.1 Å². The first-order valence-corrected chi connectivity index (χ1v) is 5.96. The molecular weight excluding hydrogens is 271 g/mol. The van der Waals surface area contributed by atoms with E-state index in [0.717, 1.165) is 0 Å². The summed E-state index contributed by atoms with van der Waals surface area (Å²) in [6, 6.07) is 7.16. The quantitative estimate of drug-likeness (QED) is 0.811. The second-order valence-corrected chi connectivity index (χ2v) is 4.02. The molecule has 0 N–H and O–H groups in total. The Balaban J connectivity index is 2.40. The minimum Gasteiger partial charge on any atom is -0.462 e. The van der Waals surface area contributed by atoms with Crippen LogP contribution in [0.2, 0.25) is 5.15 Å². The topological polar surface area (TPSA) is 52.1 Å². The summed E-state index contributed by atoms with van der Waals surface area (Å²) in [5, 5.41) is 7.55. The first-order valence-electron chi connectivity index (χ1n) is 5.58. The molecule has 0 amide bonds. The largest absolute Gasteiger partial charge is 0.462 e. The van der Waals surface area contributed by atoms with Gasteiger partial charge in [0.25, 0.3) is 0 Å². The van der Waals surface area contributed by atoms with Crippen LogP contribution < -0.4 is 0 Å². The Labute approximate surface area is 114 Å². The van der Waals surface area contributed by atoms with E-state index in [-0.39, 0.29) is 23.1 Å². The molecular formula is C13H10ClFN2O2. The normalized spacial score (nSPS) is 10.3. The van der Waals surface area contributed by atoms with Crippen LogP contribution in [0.15, 0.2) is 30.3 Å². The minimum absolute atomic E-state index is 0.0238. The Morgan fingerprint density at radius 1 is 1.32 bits per heavy atom. The van der Waals surface area contributed by atoms with Gasteiger partial charge in [0.05, 0.1) is 12.3 Å². The SMILES string of the molecule is CCOC(=O)c1cc(-c2ccc(F)cc2)nnc1Cl. The molecule has 0 aliphatic carbocycles. The van der Waals surface area contributed by atoms with Crippen molar-refractivity contribution in [2.45, 2.75) is 6.92 Å². The highest BCUT2D eigenvalue weighted by atomic mass is 35.5. The van der Waals surface area contributed by atoms with Gasteiger partial charge in [-0.2, -0.15) is 0 Å². The number of aromatic nitrogens is 2. The third-order valence-electron chi connectivity index (χ3n) is 2.38. The number of benzene rings is 1. The Bertz CT molecular complexity index is 602. The van der Waals surface area contributed by atoms with Gasteiger partial charge in [0, 0.05) is 5.56 Å². The lowest BCUT2D eigenvalue weighted by Crippen LogP contribution is -2.07. The van der Waals surface area contributed by atoms with Crippen molar-refractivity contribution < 1.29 is 13.9 Å². The lowest BCUT2D eigenvalue weighted by molar-refractivity contribution is 0.0526. The van der Waals surface area contributed by atoms with E-state index in [0.29, 0.717) is 11.3 Å². The van der Waals surface area contributed by atoms with Crippen molar-refractivity contribution in [3.8, 4) is 11.3 Å². The van der Waals surface area contributed by atoms with Gasteiger partial charge in [-0.25, -0.2) is 9.18 Å². The molecule has 0 fully saturated rings. The van der Waals surface area contributed by atoms with Crippen LogP contribution in [0.4, 0.5) is 4.39 Å². The maximum absolute atomic E-state index is 12.8. The Morgan fingerprint density at radius 2 is 2.00 bits per heavy atom. The summed E-state index contributed by atoms with van der Waals surface area (Å²) in [7, 11) is 0. The summed E-state index contributed by atoms with van der Waals surface area (Å²) in [4.78, 5) is 11.7. The van der Waals surface area contributed by atoms with Gasteiger partial charge in [-0.15, -0.1) is 10.2 Å². The molecule has 0 unspecified atom stereocenters. The van der Waals surface area contributed by atoms with Crippen LogP contribution >= 0.6 is 11.6 Å². The van der Waals surface area contributed by atoms with Gasteiger partial charge in [0.2, 0.25) is 0 Å². The van der Waals surface area contributed by atoms with E-state index in [1.807, 2.05) is 0 Å². The maximum Gasteiger partial charge on any atom is 0.341 e. The second-order valence-electron chi connectivity index (χ2n) is 3.66. The summed E-state index contributed by atoms with van der Waals surface area (Å²) in [6.07, 6.45) is 0. The number of rotatable bonds is 3. The molecule has 19 heavy (non-hydrogen) atoms. The minimum atomic E-state index is -0.564. The van der Waals surface area contributed by atoms with Crippen LogP contribution in [0.25, 0.3) is 11.3 Å². The lowest BCUT2D eigenvalue weighted by atomic mass is 10.1. The van der Waals surface area contributed by atoms with Gasteiger partial charge in [0.15, 0.2) is 5.15 Å². The van der Waals surface area contributed by atoms with E-state index in [1.165, 1.54) is 18.2 Å². The predicted molar refractivity (Wildman–Crippen MR) is 68.4 cm³/mol. The molecule has 0 saturated carbocycles. The molecule has 6 heteroatoms. The van der Waals surface area contributed by atoms with Crippen molar-refractivity contribution >= 4 is 17.6 Å². The lowest BCUT2D eigenvalue weighted by Gasteiger charge is -2.05. The Kier molecular flexibility index (Phi) is 4.06. The van der Waals surface area contributed by atoms with Crippen molar-refractivity contribution in [3.05, 3.63) is 46.9 Å². The molecule has 1 heterocycles. The Hall–Kier alpha value is -2.01. The first kappa shape index (κ1) is 13.4. The molecule has 0 aliphatic heterocycles. The molecule has 0 spiro atoms. The maximum atomic E-state index is 12.8. The van der Waals surface area contributed by atoms with Crippen LogP contribution in [-0.2, 0) is 4.74 Å². The zero-order valence-corrected chi connectivity index (χ0v) is 10.8. The van der Waals surface area contributed by atoms with E-state index in [4.69, 9.17) is 16.3 Å². The molecule has 1 aromatic heterocycles. The van der Waals surface area contributed by atoms with Crippen molar-refractivity contribution in [1.29, 1.82) is 0 Å². The van der Waals surface area contributed by atoms with Crippen LogP contribution in [0, 0.1) is 5.82 Å². The van der Waals surface area contributed by atoms with Gasteiger partial charge in [0.1, 0.15) is 11.4 Å². The fourth-order valence-electron chi connectivity index (χ4n) is 1.49. The highest BCUT2D eigenvalue weighted by Gasteiger charge is 2.15.